The molecule has 8 heteroatoms. The number of likely N-dealkylation sites (tertiary alicyclic amines) is 1. The molecule has 1 saturated heterocycles. The number of primary amides is 1. The van der Waals surface area contributed by atoms with E-state index >= 15 is 0 Å². The first kappa shape index (κ1) is 16.2. The molecule has 128 valence electrons. The highest BCUT2D eigenvalue weighted by molar-refractivity contribution is 5.93. The van der Waals surface area contributed by atoms with Crippen LogP contribution in [0, 0.1) is 12.8 Å². The molecule has 1 fully saturated rings. The minimum atomic E-state index is -0.328. The lowest BCUT2D eigenvalue weighted by atomic mass is 9.94. The number of nitrogens with zero attached hydrogens (tertiary/aromatic N) is 4. The van der Waals surface area contributed by atoms with E-state index in [0.29, 0.717) is 36.9 Å². The van der Waals surface area contributed by atoms with Gasteiger partial charge in [-0.25, -0.2) is 4.98 Å². The van der Waals surface area contributed by atoms with Gasteiger partial charge < -0.3 is 15.1 Å². The van der Waals surface area contributed by atoms with E-state index in [4.69, 9.17) is 10.2 Å². The number of carbonyl (C=O) groups is 2. The van der Waals surface area contributed by atoms with E-state index in [1.54, 1.807) is 35.9 Å². The smallest absolute Gasteiger partial charge is 0.276 e. The van der Waals surface area contributed by atoms with Crippen LogP contribution in [0.5, 0.6) is 0 Å². The summed E-state index contributed by atoms with van der Waals surface area (Å²) in [6.07, 6.45) is 5.50. The van der Waals surface area contributed by atoms with Gasteiger partial charge >= 0.3 is 0 Å². The maximum Gasteiger partial charge on any atom is 0.276 e. The molecular weight excluding hydrogens is 310 g/mol. The van der Waals surface area contributed by atoms with E-state index in [-0.39, 0.29) is 17.7 Å². The number of carbonyl (C=O) groups excluding carboxylic acids is 2. The van der Waals surface area contributed by atoms with Crippen LogP contribution in [-0.4, -0.2) is 44.6 Å². The molecule has 2 aromatic heterocycles. The van der Waals surface area contributed by atoms with Gasteiger partial charge in [0.1, 0.15) is 5.76 Å². The maximum atomic E-state index is 12.8. The molecule has 3 heterocycles. The summed E-state index contributed by atoms with van der Waals surface area (Å²) in [7, 11) is 1.80. The molecule has 0 aliphatic carbocycles. The lowest BCUT2D eigenvalue weighted by Gasteiger charge is -2.31. The Kier molecular flexibility index (Phi) is 4.37. The number of nitrogens with two attached hydrogens (primary N) is 1. The number of hydrogen-bond donors (Lipinski definition) is 1. The molecule has 0 radical (unpaired) electrons. The number of hydrogen-bond acceptors (Lipinski definition) is 5. The molecule has 0 bridgehead atoms. The summed E-state index contributed by atoms with van der Waals surface area (Å²) in [5.41, 5.74) is 6.31. The van der Waals surface area contributed by atoms with Crippen LogP contribution in [0.4, 0.5) is 0 Å². The molecule has 1 aliphatic heterocycles. The molecule has 1 aliphatic rings. The monoisotopic (exact) mass is 331 g/mol. The van der Waals surface area contributed by atoms with Gasteiger partial charge in [-0.2, -0.15) is 5.10 Å². The second kappa shape index (κ2) is 6.46. The molecule has 24 heavy (non-hydrogen) atoms. The Morgan fingerprint density at radius 3 is 2.92 bits per heavy atom. The van der Waals surface area contributed by atoms with Crippen LogP contribution in [0.15, 0.2) is 16.8 Å². The van der Waals surface area contributed by atoms with Gasteiger partial charge in [0.25, 0.3) is 5.91 Å². The van der Waals surface area contributed by atoms with E-state index in [9.17, 15) is 9.59 Å². The molecule has 3 rings (SSSR count). The van der Waals surface area contributed by atoms with Crippen LogP contribution in [-0.2, 0) is 11.8 Å². The van der Waals surface area contributed by atoms with E-state index in [2.05, 4.69) is 10.1 Å². The van der Waals surface area contributed by atoms with Crippen molar-refractivity contribution in [3.8, 4) is 11.5 Å². The summed E-state index contributed by atoms with van der Waals surface area (Å²) in [5, 5.41) is 4.08. The first-order valence-corrected chi connectivity index (χ1v) is 7.98. The maximum absolute atomic E-state index is 12.8. The second-order valence-corrected chi connectivity index (χ2v) is 6.26. The highest BCUT2D eigenvalue weighted by Gasteiger charge is 2.29. The van der Waals surface area contributed by atoms with Crippen LogP contribution in [0.2, 0.25) is 0 Å². The van der Waals surface area contributed by atoms with Crippen LogP contribution >= 0.6 is 0 Å². The zero-order chi connectivity index (χ0) is 17.3. The summed E-state index contributed by atoms with van der Waals surface area (Å²) in [6.45, 7) is 2.91. The Hall–Kier alpha value is -2.64. The lowest BCUT2D eigenvalue weighted by Crippen LogP contribution is -2.41. The second-order valence-electron chi connectivity index (χ2n) is 6.26. The molecule has 0 saturated carbocycles. The molecule has 1 unspecified atom stereocenters. The first-order valence-electron chi connectivity index (χ1n) is 7.98. The van der Waals surface area contributed by atoms with E-state index in [0.717, 1.165) is 18.4 Å². The molecule has 8 nitrogen and oxygen atoms in total. The van der Waals surface area contributed by atoms with Crippen molar-refractivity contribution in [2.24, 2.45) is 18.7 Å². The van der Waals surface area contributed by atoms with Crippen LogP contribution in [0.3, 0.4) is 0 Å². The standard InChI is InChI=1S/C16H21N5O3/c1-10-14(19-15(24-10)12-7-18-20(2)9-12)16(23)21-5-3-4-11(8-21)6-13(17)22/h7,9,11H,3-6,8H2,1-2H3,(H2,17,22). The number of aryl methyl sites for hydroxylation is 2. The molecule has 1 atom stereocenters. The minimum absolute atomic E-state index is 0.116. The van der Waals surface area contributed by atoms with Crippen molar-refractivity contribution in [2.75, 3.05) is 13.1 Å². The predicted molar refractivity (Wildman–Crippen MR) is 85.9 cm³/mol. The van der Waals surface area contributed by atoms with Gasteiger partial charge in [-0.1, -0.05) is 0 Å². The summed E-state index contributed by atoms with van der Waals surface area (Å²) >= 11 is 0. The van der Waals surface area contributed by atoms with Gasteiger partial charge in [0.05, 0.1) is 11.8 Å². The summed E-state index contributed by atoms with van der Waals surface area (Å²) in [4.78, 5) is 30.0. The van der Waals surface area contributed by atoms with E-state index < -0.39 is 0 Å². The summed E-state index contributed by atoms with van der Waals surface area (Å²) in [6, 6.07) is 0. The third kappa shape index (κ3) is 3.32. The molecular formula is C16H21N5O3. The molecule has 0 aromatic carbocycles. The average Bonchev–Trinajstić information content (AvgIpc) is 3.12. The zero-order valence-corrected chi connectivity index (χ0v) is 13.9. The van der Waals surface area contributed by atoms with Crippen molar-refractivity contribution in [2.45, 2.75) is 26.2 Å². The quantitative estimate of drug-likeness (QED) is 0.903. The minimum Gasteiger partial charge on any atom is -0.440 e. The van der Waals surface area contributed by atoms with Crippen molar-refractivity contribution in [1.82, 2.24) is 19.7 Å². The summed E-state index contributed by atoms with van der Waals surface area (Å²) < 4.78 is 7.28. The first-order chi connectivity index (χ1) is 11.4. The number of amides is 2. The van der Waals surface area contributed by atoms with Gasteiger partial charge in [0.2, 0.25) is 11.8 Å². The van der Waals surface area contributed by atoms with Crippen LogP contribution < -0.4 is 5.73 Å². The largest absolute Gasteiger partial charge is 0.440 e. The Bertz CT molecular complexity index is 764. The summed E-state index contributed by atoms with van der Waals surface area (Å²) in [5.74, 6) is 0.488. The van der Waals surface area contributed by atoms with Gasteiger partial charge in [-0.05, 0) is 25.7 Å². The predicted octanol–water partition coefficient (Wildman–Crippen LogP) is 1.11. The number of piperidine rings is 1. The third-order valence-corrected chi connectivity index (χ3v) is 4.25. The fraction of sp³-hybridized carbons (Fsp3) is 0.500. The Morgan fingerprint density at radius 1 is 1.46 bits per heavy atom. The Balaban J connectivity index is 1.77. The Labute approximate surface area is 139 Å². The number of rotatable bonds is 4. The van der Waals surface area contributed by atoms with Crippen LogP contribution in [0.25, 0.3) is 11.5 Å². The van der Waals surface area contributed by atoms with Crippen molar-refractivity contribution in [3.63, 3.8) is 0 Å². The third-order valence-electron chi connectivity index (χ3n) is 4.25. The van der Waals surface area contributed by atoms with Gasteiger partial charge in [0.15, 0.2) is 5.69 Å². The SMILES string of the molecule is Cc1oc(-c2cnn(C)c2)nc1C(=O)N1CCCC(CC(N)=O)C1. The zero-order valence-electron chi connectivity index (χ0n) is 13.9. The van der Waals surface area contributed by atoms with E-state index in [1.807, 2.05) is 0 Å². The van der Waals surface area contributed by atoms with Gasteiger partial charge in [-0.3, -0.25) is 14.3 Å². The fourth-order valence-electron chi connectivity index (χ4n) is 3.10. The lowest BCUT2D eigenvalue weighted by molar-refractivity contribution is -0.119. The van der Waals surface area contributed by atoms with Crippen LogP contribution in [0.1, 0.15) is 35.5 Å². The highest BCUT2D eigenvalue weighted by Crippen LogP contribution is 2.25. The number of aromatic nitrogens is 3. The topological polar surface area (TPSA) is 107 Å². The molecule has 2 amide bonds. The molecule has 2 aromatic rings. The van der Waals surface area contributed by atoms with Crippen molar-refractivity contribution in [3.05, 3.63) is 23.8 Å². The molecule has 0 spiro atoms. The highest BCUT2D eigenvalue weighted by atomic mass is 16.4. The number of oxazole rings is 1. The van der Waals surface area contributed by atoms with E-state index in [1.165, 1.54) is 0 Å². The normalized spacial score (nSPS) is 17.9. The Morgan fingerprint density at radius 2 is 2.25 bits per heavy atom. The fourth-order valence-corrected chi connectivity index (χ4v) is 3.10. The van der Waals surface area contributed by atoms with Crippen molar-refractivity contribution < 1.29 is 14.0 Å². The van der Waals surface area contributed by atoms with Crippen molar-refractivity contribution in [1.29, 1.82) is 0 Å². The average molecular weight is 331 g/mol. The van der Waals surface area contributed by atoms with Gasteiger partial charge in [0, 0.05) is 32.8 Å². The van der Waals surface area contributed by atoms with Gasteiger partial charge in [-0.15, -0.1) is 0 Å². The van der Waals surface area contributed by atoms with Crippen molar-refractivity contribution >= 4 is 11.8 Å². The molecule has 2 N–H and O–H groups in total.